The number of rotatable bonds is 5. The maximum absolute atomic E-state index is 11.2. The minimum absolute atomic E-state index is 0.0512. The average molecular weight is 314 g/mol. The third-order valence-electron chi connectivity index (χ3n) is 3.41. The van der Waals surface area contributed by atoms with Gasteiger partial charge in [-0.3, -0.25) is 10.1 Å². The van der Waals surface area contributed by atoms with Crippen LogP contribution in [0.15, 0.2) is 30.6 Å². The van der Waals surface area contributed by atoms with Crippen LogP contribution in [-0.2, 0) is 6.54 Å². The molecule has 0 aliphatic rings. The van der Waals surface area contributed by atoms with Crippen LogP contribution in [0.1, 0.15) is 5.56 Å². The molecule has 0 aliphatic carbocycles. The van der Waals surface area contributed by atoms with Crippen LogP contribution in [-0.4, -0.2) is 27.0 Å². The summed E-state index contributed by atoms with van der Waals surface area (Å²) in [5.74, 6) is 0.614. The van der Waals surface area contributed by atoms with Gasteiger partial charge in [-0.05, 0) is 17.7 Å². The van der Waals surface area contributed by atoms with Crippen molar-refractivity contribution in [2.45, 2.75) is 6.54 Å². The summed E-state index contributed by atoms with van der Waals surface area (Å²) in [5, 5.41) is 15.0. The summed E-state index contributed by atoms with van der Waals surface area (Å²) < 4.78 is 5.01. The summed E-state index contributed by atoms with van der Waals surface area (Å²) in [6, 6.07) is 4.65. The number of nitrogens with two attached hydrogens (primary N) is 1. The van der Waals surface area contributed by atoms with E-state index in [0.717, 1.165) is 10.9 Å². The Morgan fingerprint density at radius 1 is 1.48 bits per heavy atom. The van der Waals surface area contributed by atoms with E-state index in [4.69, 9.17) is 10.5 Å². The van der Waals surface area contributed by atoms with Gasteiger partial charge in [-0.2, -0.15) is 4.98 Å². The second kappa shape index (κ2) is 5.79. The van der Waals surface area contributed by atoms with E-state index in [9.17, 15) is 10.1 Å². The number of aromatic nitrogens is 3. The maximum Gasteiger partial charge on any atom is 0.296 e. The number of nitrogens with zero attached hydrogens (tertiary/aromatic N) is 3. The molecule has 0 saturated heterocycles. The van der Waals surface area contributed by atoms with Crippen molar-refractivity contribution in [3.8, 4) is 5.75 Å². The number of methoxy groups -OCH3 is 1. The molecule has 0 spiro atoms. The smallest absolute Gasteiger partial charge is 0.296 e. The molecule has 9 nitrogen and oxygen atoms in total. The Hall–Kier alpha value is -3.36. The van der Waals surface area contributed by atoms with E-state index in [0.29, 0.717) is 23.6 Å². The lowest BCUT2D eigenvalue weighted by molar-refractivity contribution is -0.384. The van der Waals surface area contributed by atoms with Gasteiger partial charge in [0.1, 0.15) is 17.1 Å². The predicted molar refractivity (Wildman–Crippen MR) is 85.3 cm³/mol. The first-order valence-electron chi connectivity index (χ1n) is 6.73. The molecule has 0 radical (unpaired) electrons. The topological polar surface area (TPSA) is 132 Å². The van der Waals surface area contributed by atoms with Crippen LogP contribution in [0.3, 0.4) is 0 Å². The minimum Gasteiger partial charge on any atom is -0.496 e. The van der Waals surface area contributed by atoms with Crippen LogP contribution < -0.4 is 15.8 Å². The molecule has 0 saturated carbocycles. The van der Waals surface area contributed by atoms with Crippen LogP contribution >= 0.6 is 0 Å². The quantitative estimate of drug-likeness (QED) is 0.485. The van der Waals surface area contributed by atoms with Gasteiger partial charge in [0.05, 0.1) is 18.1 Å². The van der Waals surface area contributed by atoms with Gasteiger partial charge in [0.15, 0.2) is 0 Å². The lowest BCUT2D eigenvalue weighted by atomic mass is 10.2. The number of hydrogen-bond donors (Lipinski definition) is 3. The van der Waals surface area contributed by atoms with E-state index in [1.54, 1.807) is 24.5 Å². The fourth-order valence-corrected chi connectivity index (χ4v) is 2.25. The molecule has 2 aromatic heterocycles. The number of nitro groups is 1. The summed E-state index contributed by atoms with van der Waals surface area (Å²) in [6.07, 6.45) is 3.38. The number of fused-ring (bicyclic) bond motifs is 1. The van der Waals surface area contributed by atoms with E-state index >= 15 is 0 Å². The standard InChI is InChI=1S/C14H14N6O3/c1-23-9-2-3-11(12(4-9)20(21)22)16-5-8-6-17-13-10(8)7-18-14(15)19-13/h2-4,6-7,16H,5H2,1H3,(H3,15,17,18,19). The lowest BCUT2D eigenvalue weighted by Crippen LogP contribution is -2.03. The van der Waals surface area contributed by atoms with Crippen molar-refractivity contribution in [2.75, 3.05) is 18.2 Å². The molecule has 118 valence electrons. The van der Waals surface area contributed by atoms with Crippen molar-refractivity contribution < 1.29 is 9.66 Å². The highest BCUT2D eigenvalue weighted by Crippen LogP contribution is 2.29. The van der Waals surface area contributed by atoms with Gasteiger partial charge >= 0.3 is 0 Å². The first-order chi connectivity index (χ1) is 11.1. The van der Waals surface area contributed by atoms with Gasteiger partial charge in [-0.1, -0.05) is 0 Å². The molecule has 0 bridgehead atoms. The Morgan fingerprint density at radius 2 is 2.30 bits per heavy atom. The number of H-pyrrole nitrogens is 1. The van der Waals surface area contributed by atoms with Crippen molar-refractivity contribution in [1.29, 1.82) is 0 Å². The largest absolute Gasteiger partial charge is 0.496 e. The van der Waals surface area contributed by atoms with Crippen LogP contribution in [0.5, 0.6) is 5.75 Å². The SMILES string of the molecule is COc1ccc(NCc2c[nH]c3nc(N)ncc23)c([N+](=O)[O-])c1. The molecule has 1 aromatic carbocycles. The van der Waals surface area contributed by atoms with Gasteiger partial charge < -0.3 is 20.8 Å². The average Bonchev–Trinajstić information content (AvgIpc) is 2.94. The normalized spacial score (nSPS) is 10.7. The van der Waals surface area contributed by atoms with Crippen LogP contribution in [0.25, 0.3) is 11.0 Å². The zero-order chi connectivity index (χ0) is 16.4. The number of ether oxygens (including phenoxy) is 1. The summed E-state index contributed by atoms with van der Waals surface area (Å²) in [7, 11) is 1.46. The highest BCUT2D eigenvalue weighted by Gasteiger charge is 2.15. The third kappa shape index (κ3) is 2.84. The molecule has 4 N–H and O–H groups in total. The van der Waals surface area contributed by atoms with Crippen molar-refractivity contribution in [3.05, 3.63) is 46.3 Å². The van der Waals surface area contributed by atoms with Gasteiger partial charge in [0.2, 0.25) is 5.95 Å². The Bertz CT molecular complexity index is 876. The predicted octanol–water partition coefficient (Wildman–Crippen LogP) is 2.07. The number of nitrogens with one attached hydrogen (secondary N) is 2. The van der Waals surface area contributed by atoms with Gasteiger partial charge in [-0.15, -0.1) is 0 Å². The molecule has 2 heterocycles. The Balaban J connectivity index is 1.86. The molecule has 0 unspecified atom stereocenters. The molecular formula is C14H14N6O3. The Kier molecular flexibility index (Phi) is 3.67. The maximum atomic E-state index is 11.2. The Labute approximate surface area is 130 Å². The number of aromatic amines is 1. The van der Waals surface area contributed by atoms with E-state index < -0.39 is 4.92 Å². The van der Waals surface area contributed by atoms with E-state index in [1.165, 1.54) is 13.2 Å². The van der Waals surface area contributed by atoms with Gasteiger partial charge in [0, 0.05) is 24.3 Å². The first kappa shape index (κ1) is 14.6. The lowest BCUT2D eigenvalue weighted by Gasteiger charge is -2.08. The van der Waals surface area contributed by atoms with E-state index in [1.807, 2.05) is 0 Å². The number of hydrogen-bond acceptors (Lipinski definition) is 7. The molecule has 9 heteroatoms. The van der Waals surface area contributed by atoms with Gasteiger partial charge in [-0.25, -0.2) is 4.98 Å². The molecule has 3 rings (SSSR count). The summed E-state index contributed by atoms with van der Waals surface area (Å²) >= 11 is 0. The molecule has 3 aromatic rings. The second-order valence-corrected chi connectivity index (χ2v) is 4.80. The summed E-state index contributed by atoms with van der Waals surface area (Å²) in [6.45, 7) is 0.375. The van der Waals surface area contributed by atoms with E-state index in [2.05, 4.69) is 20.3 Å². The molecular weight excluding hydrogens is 300 g/mol. The molecule has 23 heavy (non-hydrogen) atoms. The molecule has 0 fully saturated rings. The zero-order valence-electron chi connectivity index (χ0n) is 12.2. The third-order valence-corrected chi connectivity index (χ3v) is 3.41. The van der Waals surface area contributed by atoms with Crippen LogP contribution in [0.2, 0.25) is 0 Å². The van der Waals surface area contributed by atoms with Crippen molar-refractivity contribution in [3.63, 3.8) is 0 Å². The molecule has 0 aliphatic heterocycles. The fourth-order valence-electron chi connectivity index (χ4n) is 2.25. The number of nitro benzene ring substituents is 1. The Morgan fingerprint density at radius 3 is 3.04 bits per heavy atom. The van der Waals surface area contributed by atoms with Crippen LogP contribution in [0, 0.1) is 10.1 Å². The van der Waals surface area contributed by atoms with E-state index in [-0.39, 0.29) is 11.6 Å². The first-order valence-corrected chi connectivity index (χ1v) is 6.73. The minimum atomic E-state index is -0.454. The zero-order valence-corrected chi connectivity index (χ0v) is 12.2. The van der Waals surface area contributed by atoms with Crippen molar-refractivity contribution in [1.82, 2.24) is 15.0 Å². The monoisotopic (exact) mass is 314 g/mol. The number of benzene rings is 1. The summed E-state index contributed by atoms with van der Waals surface area (Å²) in [4.78, 5) is 21.7. The van der Waals surface area contributed by atoms with Crippen molar-refractivity contribution >= 4 is 28.4 Å². The molecule has 0 atom stereocenters. The number of anilines is 2. The fraction of sp³-hybridized carbons (Fsp3) is 0.143. The van der Waals surface area contributed by atoms with Crippen molar-refractivity contribution in [2.24, 2.45) is 0 Å². The highest BCUT2D eigenvalue weighted by atomic mass is 16.6. The number of nitrogen functional groups attached to an aromatic ring is 1. The summed E-state index contributed by atoms with van der Waals surface area (Å²) in [5.41, 5.74) is 7.39. The molecule has 0 amide bonds. The highest BCUT2D eigenvalue weighted by molar-refractivity contribution is 5.80. The second-order valence-electron chi connectivity index (χ2n) is 4.80. The van der Waals surface area contributed by atoms with Crippen LogP contribution in [0.4, 0.5) is 17.3 Å². The van der Waals surface area contributed by atoms with Gasteiger partial charge in [0.25, 0.3) is 5.69 Å².